The number of nitrogen functional groups attached to an aromatic ring is 2. The van der Waals surface area contributed by atoms with Crippen molar-refractivity contribution >= 4 is 73.1 Å². The van der Waals surface area contributed by atoms with Gasteiger partial charge in [-0.25, -0.2) is 9.36 Å². The second kappa shape index (κ2) is 23.9. The summed E-state index contributed by atoms with van der Waals surface area (Å²) in [6, 6.07) is 86.2. The molecule has 16 heteroatoms. The molecule has 1 aliphatic rings. The van der Waals surface area contributed by atoms with Gasteiger partial charge in [-0.3, -0.25) is 20.2 Å². The summed E-state index contributed by atoms with van der Waals surface area (Å²) >= 11 is 3.56. The average Bonchev–Trinajstić information content (AvgIpc) is 2.44. The summed E-state index contributed by atoms with van der Waals surface area (Å²) in [5.74, 6) is 0. The van der Waals surface area contributed by atoms with Gasteiger partial charge in [0, 0.05) is 52.0 Å². The Balaban J connectivity index is 0.000000144. The van der Waals surface area contributed by atoms with Gasteiger partial charge in [-0.2, -0.15) is 10.2 Å². The number of fused-ring (bicyclic) bond motifs is 2. The molecule has 1 fully saturated rings. The van der Waals surface area contributed by atoms with Crippen LogP contribution in [0.3, 0.4) is 0 Å². The molecule has 86 heavy (non-hydrogen) atoms. The second-order valence-corrected chi connectivity index (χ2v) is 22.6. The highest BCUT2D eigenvalue weighted by atomic mass is 79.9. The van der Waals surface area contributed by atoms with E-state index in [4.69, 9.17) is 31.0 Å². The van der Waals surface area contributed by atoms with E-state index < -0.39 is 11.1 Å². The van der Waals surface area contributed by atoms with Crippen LogP contribution in [0.5, 0.6) is 0 Å². The topological polar surface area (TPSA) is 192 Å². The first-order valence-corrected chi connectivity index (χ1v) is 28.7. The van der Waals surface area contributed by atoms with Crippen LogP contribution in [0.15, 0.2) is 272 Å². The normalized spacial score (nSPS) is 13.5. The molecule has 0 atom stereocenters. The number of nitrogens with two attached hydrogens (primary N) is 2. The van der Waals surface area contributed by atoms with Crippen molar-refractivity contribution in [3.63, 3.8) is 0 Å². The molecule has 0 aliphatic carbocycles. The summed E-state index contributed by atoms with van der Waals surface area (Å²) in [6.07, 6.45) is 0. The molecule has 0 saturated carbocycles. The number of rotatable bonds is 12. The van der Waals surface area contributed by atoms with Crippen LogP contribution in [-0.4, -0.2) is 47.7 Å². The number of hydrogen-bond acceptors (Lipinski definition) is 10. The first-order valence-electron chi connectivity index (χ1n) is 27.9. The van der Waals surface area contributed by atoms with Crippen LogP contribution in [0, 0.1) is 20.2 Å². The number of nitrogens with zero attached hydrogens (tertiary/aromatic N) is 6. The molecule has 0 unspecified atom stereocenters. The molecule has 0 amide bonds. The molecule has 2 aromatic heterocycles. The monoisotopic (exact) mass is 1200 g/mol. The molecule has 13 rings (SSSR count). The van der Waals surface area contributed by atoms with Gasteiger partial charge in [-0.1, -0.05) is 206 Å². The van der Waals surface area contributed by atoms with Crippen LogP contribution in [0.25, 0.3) is 33.1 Å². The van der Waals surface area contributed by atoms with Crippen molar-refractivity contribution in [2.45, 2.75) is 50.0 Å². The minimum atomic E-state index is -0.857. The Bertz CT molecular complexity index is 4120. The lowest BCUT2D eigenvalue weighted by Gasteiger charge is -2.37. The second-order valence-electron chi connectivity index (χ2n) is 21.9. The number of aromatic nitrogens is 4. The molecule has 426 valence electrons. The van der Waals surface area contributed by atoms with Crippen LogP contribution in [0.2, 0.25) is 0 Å². The minimum absolute atomic E-state index is 0.0125. The van der Waals surface area contributed by atoms with E-state index in [2.05, 4.69) is 88.7 Å². The zero-order valence-electron chi connectivity index (χ0n) is 47.6. The number of non-ortho nitro benzene ring substituents is 2. The third-order valence-electron chi connectivity index (χ3n) is 16.1. The summed E-state index contributed by atoms with van der Waals surface area (Å²) in [6.45, 7) is 8.18. The largest absolute Gasteiger partial charge is 0.494 e. The molecule has 10 aromatic carbocycles. The Hall–Kier alpha value is -10.00. The van der Waals surface area contributed by atoms with E-state index in [0.717, 1.165) is 61.1 Å². The van der Waals surface area contributed by atoms with E-state index in [1.165, 1.54) is 6.07 Å². The van der Waals surface area contributed by atoms with Crippen molar-refractivity contribution in [3.8, 4) is 11.3 Å². The highest BCUT2D eigenvalue weighted by Gasteiger charge is 2.52. The fourth-order valence-electron chi connectivity index (χ4n) is 11.2. The molecule has 1 saturated heterocycles. The highest BCUT2D eigenvalue weighted by molar-refractivity contribution is 9.10. The molecule has 3 heterocycles. The first-order chi connectivity index (χ1) is 41.5. The summed E-state index contributed by atoms with van der Waals surface area (Å²) in [5.41, 5.74) is 21.0. The third kappa shape index (κ3) is 10.8. The molecule has 0 radical (unpaired) electrons. The quantitative estimate of drug-likeness (QED) is 0.0391. The van der Waals surface area contributed by atoms with Crippen molar-refractivity contribution in [1.29, 1.82) is 0 Å². The van der Waals surface area contributed by atoms with Crippen LogP contribution >= 0.6 is 15.9 Å². The molecule has 1 aliphatic heterocycles. The Morgan fingerprint density at radius 2 is 0.756 bits per heavy atom. The molecule has 4 N–H and O–H groups in total. The van der Waals surface area contributed by atoms with Crippen molar-refractivity contribution in [2.75, 3.05) is 11.5 Å². The number of nitro groups is 2. The van der Waals surface area contributed by atoms with Gasteiger partial charge in [0.15, 0.2) is 0 Å². The van der Waals surface area contributed by atoms with Gasteiger partial charge >= 0.3 is 7.12 Å². The lowest BCUT2D eigenvalue weighted by Crippen LogP contribution is -2.41. The Kier molecular flexibility index (Phi) is 16.1. The summed E-state index contributed by atoms with van der Waals surface area (Å²) in [4.78, 5) is 22.4. The zero-order valence-corrected chi connectivity index (χ0v) is 49.2. The van der Waals surface area contributed by atoms with Crippen molar-refractivity contribution in [3.05, 3.63) is 325 Å². The summed E-state index contributed by atoms with van der Waals surface area (Å²) < 4.78 is 16.4. The SMILES string of the molecule is CC1(C)OB(c2ccc(N)cc2)OC1(C)C.Nc1ccc(-c2nn(C(c3ccccc3)(c3ccccc3)c3ccccc3)c3ccc([N+](=O)[O-])cc23)cc1.O=[N+]([O-])c1ccc2c(c1)c(Br)nn2C(c1ccccc1)(c1ccccc1)c1ccccc1. The maximum atomic E-state index is 11.8. The number of benzene rings is 10. The average molecular weight is 1200 g/mol. The van der Waals surface area contributed by atoms with Gasteiger partial charge in [-0.05, 0) is 119 Å². The maximum Gasteiger partial charge on any atom is 0.494 e. The van der Waals surface area contributed by atoms with Crippen molar-refractivity contribution in [1.82, 2.24) is 19.6 Å². The number of anilines is 2. The van der Waals surface area contributed by atoms with Crippen LogP contribution in [0.1, 0.15) is 61.1 Å². The van der Waals surface area contributed by atoms with Crippen LogP contribution < -0.4 is 16.9 Å². The lowest BCUT2D eigenvalue weighted by atomic mass is 9.77. The van der Waals surface area contributed by atoms with Gasteiger partial charge in [0.2, 0.25) is 0 Å². The van der Waals surface area contributed by atoms with Gasteiger partial charge in [-0.15, -0.1) is 0 Å². The predicted molar refractivity (Wildman–Crippen MR) is 346 cm³/mol. The highest BCUT2D eigenvalue weighted by Crippen LogP contribution is 2.46. The molecular formula is C70H60BBrN8O6. The van der Waals surface area contributed by atoms with E-state index in [0.29, 0.717) is 26.8 Å². The Morgan fingerprint density at radius 3 is 1.10 bits per heavy atom. The first kappa shape index (κ1) is 57.8. The summed E-state index contributed by atoms with van der Waals surface area (Å²) in [5, 5.41) is 34.7. The third-order valence-corrected chi connectivity index (χ3v) is 16.7. The molecule has 0 spiro atoms. The van der Waals surface area contributed by atoms with Gasteiger partial charge in [0.25, 0.3) is 11.4 Å². The van der Waals surface area contributed by atoms with Gasteiger partial charge in [0.1, 0.15) is 21.4 Å². The van der Waals surface area contributed by atoms with Crippen LogP contribution in [0.4, 0.5) is 22.7 Å². The lowest BCUT2D eigenvalue weighted by molar-refractivity contribution is -0.384. The van der Waals surface area contributed by atoms with E-state index in [1.807, 2.05) is 195 Å². The summed E-state index contributed by atoms with van der Waals surface area (Å²) in [7, 11) is -0.300. The number of hydrogen-bond donors (Lipinski definition) is 2. The van der Waals surface area contributed by atoms with E-state index in [-0.39, 0.29) is 39.5 Å². The standard InChI is InChI=1S/C32H24N4O2.C26H18BrN3O2.C12H18BNO2/c33-27-18-16-23(17-19-27)31-29-22-28(36(37)38)20-21-30(29)35(34-31)32(24-10-4-1-5-11-24,25-12-6-2-7-13-25)26-14-8-3-9-15-26;27-25-23-18-22(30(31)32)16-17-24(23)29(28-25)26(19-10-4-1-5-11-19,20-12-6-2-7-13-20)21-14-8-3-9-15-21;1-11(2)12(3,4)16-13(15-11)9-5-7-10(14)8-6-9/h1-22H,33H2;1-18H;5-8H,14H2,1-4H3. The molecule has 12 aromatic rings. The predicted octanol–water partition coefficient (Wildman–Crippen LogP) is 15.1. The van der Waals surface area contributed by atoms with Crippen LogP contribution in [-0.2, 0) is 20.4 Å². The van der Waals surface area contributed by atoms with Gasteiger partial charge in [0.05, 0.1) is 32.1 Å². The van der Waals surface area contributed by atoms with E-state index in [9.17, 15) is 20.2 Å². The fraction of sp³-hybridized carbons (Fsp3) is 0.114. The number of nitro benzene ring substituents is 2. The fourth-order valence-corrected chi connectivity index (χ4v) is 11.7. The van der Waals surface area contributed by atoms with Crippen molar-refractivity contribution in [2.24, 2.45) is 0 Å². The minimum Gasteiger partial charge on any atom is -0.399 e. The maximum absolute atomic E-state index is 11.8. The molecule has 14 nitrogen and oxygen atoms in total. The smallest absolute Gasteiger partial charge is 0.399 e. The molecule has 0 bridgehead atoms. The van der Waals surface area contributed by atoms with Crippen molar-refractivity contribution < 1.29 is 19.2 Å². The van der Waals surface area contributed by atoms with Gasteiger partial charge < -0.3 is 20.8 Å². The Morgan fingerprint density at radius 1 is 0.442 bits per heavy atom. The number of halogens is 1. The van der Waals surface area contributed by atoms with E-state index in [1.54, 1.807) is 30.3 Å². The van der Waals surface area contributed by atoms with E-state index >= 15 is 0 Å². The molecular weight excluding hydrogens is 1140 g/mol. The Labute approximate surface area is 506 Å². The zero-order chi connectivity index (χ0) is 60.2.